The minimum Gasteiger partial charge on any atom is -0.396 e. The third-order valence-electron chi connectivity index (χ3n) is 3.32. The lowest BCUT2D eigenvalue weighted by molar-refractivity contribution is 0.226. The largest absolute Gasteiger partial charge is 0.396 e. The van der Waals surface area contributed by atoms with Gasteiger partial charge in [-0.05, 0) is 38.3 Å². The van der Waals surface area contributed by atoms with E-state index >= 15 is 0 Å². The molecule has 0 atom stereocenters. The van der Waals surface area contributed by atoms with Crippen LogP contribution in [0.15, 0.2) is 18.2 Å². The van der Waals surface area contributed by atoms with E-state index in [4.69, 9.17) is 5.11 Å². The summed E-state index contributed by atoms with van der Waals surface area (Å²) in [7, 11) is 0. The molecule has 0 saturated heterocycles. The fourth-order valence-electron chi connectivity index (χ4n) is 2.15. The number of hydrogen-bond acceptors (Lipinski definition) is 2. The van der Waals surface area contributed by atoms with Crippen molar-refractivity contribution in [1.82, 2.24) is 4.90 Å². The first-order valence-electron chi connectivity index (χ1n) is 6.50. The molecule has 0 aromatic heterocycles. The van der Waals surface area contributed by atoms with E-state index in [1.807, 2.05) is 0 Å². The highest BCUT2D eigenvalue weighted by atomic mass is 19.2. The highest BCUT2D eigenvalue weighted by Crippen LogP contribution is 2.29. The van der Waals surface area contributed by atoms with Gasteiger partial charge < -0.3 is 5.11 Å². The van der Waals surface area contributed by atoms with Gasteiger partial charge in [0, 0.05) is 24.8 Å². The minimum absolute atomic E-state index is 0.187. The van der Waals surface area contributed by atoms with Gasteiger partial charge in [0.2, 0.25) is 0 Å². The van der Waals surface area contributed by atoms with E-state index in [0.717, 1.165) is 38.3 Å². The zero-order chi connectivity index (χ0) is 13.0. The van der Waals surface area contributed by atoms with Crippen molar-refractivity contribution in [3.63, 3.8) is 0 Å². The van der Waals surface area contributed by atoms with Crippen molar-refractivity contribution in [2.45, 2.75) is 38.3 Å². The molecule has 0 amide bonds. The molecule has 0 heterocycles. The van der Waals surface area contributed by atoms with Crippen molar-refractivity contribution in [2.75, 3.05) is 13.2 Å². The Kier molecular flexibility index (Phi) is 4.66. The van der Waals surface area contributed by atoms with Crippen molar-refractivity contribution in [1.29, 1.82) is 0 Å². The molecule has 0 aliphatic heterocycles. The van der Waals surface area contributed by atoms with E-state index in [-0.39, 0.29) is 6.61 Å². The Hall–Kier alpha value is -1.00. The summed E-state index contributed by atoms with van der Waals surface area (Å²) in [6.07, 6.45) is 3.92. The van der Waals surface area contributed by atoms with Crippen molar-refractivity contribution in [3.8, 4) is 0 Å². The Labute approximate surface area is 106 Å². The molecule has 1 aromatic carbocycles. The molecule has 18 heavy (non-hydrogen) atoms. The van der Waals surface area contributed by atoms with Crippen LogP contribution in [-0.2, 0) is 6.54 Å². The molecule has 1 aliphatic rings. The van der Waals surface area contributed by atoms with Crippen LogP contribution >= 0.6 is 0 Å². The number of nitrogens with zero attached hydrogens (tertiary/aromatic N) is 1. The van der Waals surface area contributed by atoms with Crippen LogP contribution in [0.4, 0.5) is 8.78 Å². The number of aliphatic hydroxyl groups is 1. The predicted octanol–water partition coefficient (Wildman–Crippen LogP) is 2.70. The summed E-state index contributed by atoms with van der Waals surface area (Å²) in [5, 5.41) is 8.78. The fraction of sp³-hybridized carbons (Fsp3) is 0.571. The highest BCUT2D eigenvalue weighted by Gasteiger charge is 2.29. The lowest BCUT2D eigenvalue weighted by Crippen LogP contribution is -2.27. The zero-order valence-corrected chi connectivity index (χ0v) is 10.4. The van der Waals surface area contributed by atoms with Crippen LogP contribution in [0, 0.1) is 11.6 Å². The molecule has 1 fully saturated rings. The lowest BCUT2D eigenvalue weighted by Gasteiger charge is -2.22. The standard InChI is InChI=1S/C14H19F2NO/c15-13-5-3-4-11(14(13)16)10-17(12-6-7-12)8-1-2-9-18/h3-5,12,18H,1-2,6-10H2. The lowest BCUT2D eigenvalue weighted by atomic mass is 10.1. The van der Waals surface area contributed by atoms with Gasteiger partial charge in [-0.2, -0.15) is 0 Å². The summed E-state index contributed by atoms with van der Waals surface area (Å²) in [6.45, 7) is 1.48. The quantitative estimate of drug-likeness (QED) is 0.757. The summed E-state index contributed by atoms with van der Waals surface area (Å²) >= 11 is 0. The fourth-order valence-corrected chi connectivity index (χ4v) is 2.15. The van der Waals surface area contributed by atoms with Gasteiger partial charge in [-0.25, -0.2) is 8.78 Å². The van der Waals surface area contributed by atoms with Gasteiger partial charge in [-0.15, -0.1) is 0 Å². The zero-order valence-electron chi connectivity index (χ0n) is 10.4. The SMILES string of the molecule is OCCCCN(Cc1cccc(F)c1F)C1CC1. The highest BCUT2D eigenvalue weighted by molar-refractivity contribution is 5.19. The van der Waals surface area contributed by atoms with Crippen LogP contribution in [0.2, 0.25) is 0 Å². The molecule has 0 bridgehead atoms. The van der Waals surface area contributed by atoms with Gasteiger partial charge in [-0.3, -0.25) is 4.90 Å². The predicted molar refractivity (Wildman–Crippen MR) is 66.1 cm³/mol. The van der Waals surface area contributed by atoms with E-state index in [1.54, 1.807) is 12.1 Å². The maximum Gasteiger partial charge on any atom is 0.163 e. The molecule has 1 N–H and O–H groups in total. The Bertz CT molecular complexity index is 393. The second-order valence-electron chi connectivity index (χ2n) is 4.85. The molecule has 0 spiro atoms. The van der Waals surface area contributed by atoms with E-state index < -0.39 is 11.6 Å². The third kappa shape index (κ3) is 3.50. The normalized spacial score (nSPS) is 15.3. The van der Waals surface area contributed by atoms with E-state index in [0.29, 0.717) is 18.2 Å². The van der Waals surface area contributed by atoms with Gasteiger partial charge >= 0.3 is 0 Å². The van der Waals surface area contributed by atoms with Crippen LogP contribution in [0.1, 0.15) is 31.2 Å². The minimum atomic E-state index is -0.779. The van der Waals surface area contributed by atoms with Crippen LogP contribution in [-0.4, -0.2) is 29.2 Å². The van der Waals surface area contributed by atoms with Crippen molar-refractivity contribution in [3.05, 3.63) is 35.4 Å². The summed E-state index contributed by atoms with van der Waals surface area (Å²) in [4.78, 5) is 2.19. The van der Waals surface area contributed by atoms with Gasteiger partial charge in [0.05, 0.1) is 0 Å². The van der Waals surface area contributed by atoms with Gasteiger partial charge in [0.15, 0.2) is 11.6 Å². The molecule has 1 aromatic rings. The topological polar surface area (TPSA) is 23.5 Å². The van der Waals surface area contributed by atoms with E-state index in [9.17, 15) is 8.78 Å². The van der Waals surface area contributed by atoms with Gasteiger partial charge in [0.1, 0.15) is 0 Å². The van der Waals surface area contributed by atoms with Gasteiger partial charge in [0.25, 0.3) is 0 Å². The number of aliphatic hydroxyl groups excluding tert-OH is 1. The second-order valence-corrected chi connectivity index (χ2v) is 4.85. The molecule has 100 valence electrons. The van der Waals surface area contributed by atoms with Crippen LogP contribution in [0.5, 0.6) is 0 Å². The Morgan fingerprint density at radius 2 is 2.00 bits per heavy atom. The van der Waals surface area contributed by atoms with Gasteiger partial charge in [-0.1, -0.05) is 12.1 Å². The third-order valence-corrected chi connectivity index (χ3v) is 3.32. The number of hydrogen-bond donors (Lipinski definition) is 1. The molecule has 0 unspecified atom stereocenters. The summed E-state index contributed by atoms with van der Waals surface area (Å²) in [6, 6.07) is 4.84. The smallest absolute Gasteiger partial charge is 0.163 e. The molecule has 0 radical (unpaired) electrons. The number of unbranched alkanes of at least 4 members (excludes halogenated alkanes) is 1. The molecule has 2 rings (SSSR count). The molecule has 4 heteroatoms. The monoisotopic (exact) mass is 255 g/mol. The van der Waals surface area contributed by atoms with Crippen molar-refractivity contribution < 1.29 is 13.9 Å². The van der Waals surface area contributed by atoms with Crippen LogP contribution < -0.4 is 0 Å². The van der Waals surface area contributed by atoms with Crippen LogP contribution in [0.25, 0.3) is 0 Å². The Morgan fingerprint density at radius 3 is 2.67 bits per heavy atom. The summed E-state index contributed by atoms with van der Waals surface area (Å²) < 4.78 is 26.7. The first kappa shape index (κ1) is 13.4. The molecule has 1 saturated carbocycles. The van der Waals surface area contributed by atoms with Crippen molar-refractivity contribution >= 4 is 0 Å². The Morgan fingerprint density at radius 1 is 1.22 bits per heavy atom. The number of rotatable bonds is 7. The molecular weight excluding hydrogens is 236 g/mol. The van der Waals surface area contributed by atoms with E-state index in [2.05, 4.69) is 4.90 Å². The average Bonchev–Trinajstić information content (AvgIpc) is 3.18. The second kappa shape index (κ2) is 6.25. The average molecular weight is 255 g/mol. The molecular formula is C14H19F2NO. The van der Waals surface area contributed by atoms with Crippen LogP contribution in [0.3, 0.4) is 0 Å². The van der Waals surface area contributed by atoms with E-state index in [1.165, 1.54) is 0 Å². The molecule has 1 aliphatic carbocycles. The first-order valence-corrected chi connectivity index (χ1v) is 6.50. The maximum absolute atomic E-state index is 13.6. The molecule has 2 nitrogen and oxygen atoms in total. The number of benzene rings is 1. The Balaban J connectivity index is 1.97. The van der Waals surface area contributed by atoms with Crippen molar-refractivity contribution in [2.24, 2.45) is 0 Å². The first-order chi connectivity index (χ1) is 8.72. The number of halogens is 2. The maximum atomic E-state index is 13.6. The summed E-state index contributed by atoms with van der Waals surface area (Å²) in [5.41, 5.74) is 0.422. The summed E-state index contributed by atoms with van der Waals surface area (Å²) in [5.74, 6) is -1.51.